The normalized spacial score (nSPS) is 28.2. The molecule has 0 saturated carbocycles. The van der Waals surface area contributed by atoms with Crippen molar-refractivity contribution in [2.45, 2.75) is 58.5 Å². The first-order valence-electron chi connectivity index (χ1n) is 9.41. The predicted molar refractivity (Wildman–Crippen MR) is 114 cm³/mol. The van der Waals surface area contributed by atoms with Gasteiger partial charge in [-0.25, -0.2) is 0 Å². The number of alkyl halides is 1. The van der Waals surface area contributed by atoms with Gasteiger partial charge in [0.1, 0.15) is 6.04 Å². The molecule has 2 rings (SSSR count). The highest BCUT2D eigenvalue weighted by molar-refractivity contribution is 6.30. The molecule has 1 aromatic rings. The summed E-state index contributed by atoms with van der Waals surface area (Å²) in [6.07, 6.45) is 3.07. The highest BCUT2D eigenvalue weighted by Gasteiger charge is 2.58. The molecule has 0 spiro atoms. The lowest BCUT2D eigenvalue weighted by Crippen LogP contribution is -2.41. The zero-order valence-corrected chi connectivity index (χ0v) is 18.3. The van der Waals surface area contributed by atoms with E-state index in [1.54, 1.807) is 18.2 Å². The fraction of sp³-hybridized carbons (Fsp3) is 0.545. The van der Waals surface area contributed by atoms with Gasteiger partial charge >= 0.3 is 5.97 Å². The van der Waals surface area contributed by atoms with E-state index in [0.717, 1.165) is 11.1 Å². The van der Waals surface area contributed by atoms with Crippen LogP contribution in [0.2, 0.25) is 5.02 Å². The van der Waals surface area contributed by atoms with E-state index in [-0.39, 0.29) is 11.5 Å². The van der Waals surface area contributed by atoms with E-state index in [2.05, 4.69) is 32.2 Å². The van der Waals surface area contributed by atoms with Gasteiger partial charge in [-0.2, -0.15) is 5.26 Å². The summed E-state index contributed by atoms with van der Waals surface area (Å²) in [7, 11) is 0. The van der Waals surface area contributed by atoms with Gasteiger partial charge in [-0.3, -0.25) is 10.1 Å². The van der Waals surface area contributed by atoms with Gasteiger partial charge < -0.3 is 5.11 Å². The van der Waals surface area contributed by atoms with Crippen molar-refractivity contribution in [2.75, 3.05) is 5.88 Å². The van der Waals surface area contributed by atoms with Crippen molar-refractivity contribution < 1.29 is 9.90 Å². The summed E-state index contributed by atoms with van der Waals surface area (Å²) in [4.78, 5) is 12.1. The lowest BCUT2D eigenvalue weighted by molar-refractivity contribution is -0.139. The molecule has 0 aliphatic carbocycles. The zero-order valence-electron chi connectivity index (χ0n) is 16.8. The van der Waals surface area contributed by atoms with Crippen molar-refractivity contribution in [1.82, 2.24) is 5.32 Å². The van der Waals surface area contributed by atoms with Crippen LogP contribution in [0.3, 0.4) is 0 Å². The zero-order chi connectivity index (χ0) is 21.1. The number of nitriles is 1. The van der Waals surface area contributed by atoms with Crippen LogP contribution in [0.5, 0.6) is 0 Å². The fourth-order valence-corrected chi connectivity index (χ4v) is 4.40. The number of rotatable bonds is 6. The highest BCUT2D eigenvalue weighted by Crippen LogP contribution is 2.52. The number of halogens is 2. The molecule has 1 aromatic carbocycles. The third kappa shape index (κ3) is 4.89. The van der Waals surface area contributed by atoms with E-state index in [4.69, 9.17) is 23.2 Å². The van der Waals surface area contributed by atoms with Crippen LogP contribution in [0.4, 0.5) is 0 Å². The molecule has 0 amide bonds. The van der Waals surface area contributed by atoms with Crippen LogP contribution in [0.15, 0.2) is 35.9 Å². The summed E-state index contributed by atoms with van der Waals surface area (Å²) in [6, 6.07) is 8.57. The molecule has 0 bridgehead atoms. The van der Waals surface area contributed by atoms with Crippen LogP contribution in [0.1, 0.15) is 52.0 Å². The van der Waals surface area contributed by atoms with Crippen LogP contribution >= 0.6 is 23.2 Å². The second-order valence-corrected chi connectivity index (χ2v) is 9.58. The lowest BCUT2D eigenvalue weighted by atomic mass is 9.64. The Hall–Kier alpha value is -1.54. The third-order valence-corrected chi connectivity index (χ3v) is 6.05. The second kappa shape index (κ2) is 8.86. The first kappa shape index (κ1) is 22.7. The van der Waals surface area contributed by atoms with Crippen molar-refractivity contribution in [1.29, 1.82) is 5.26 Å². The van der Waals surface area contributed by atoms with Crippen molar-refractivity contribution in [3.8, 4) is 6.07 Å². The molecule has 1 aliphatic heterocycles. The number of benzene rings is 1. The van der Waals surface area contributed by atoms with Crippen LogP contribution in [-0.2, 0) is 4.79 Å². The van der Waals surface area contributed by atoms with E-state index in [1.165, 1.54) is 0 Å². The Morgan fingerprint density at radius 2 is 2.11 bits per heavy atom. The molecule has 152 valence electrons. The number of aliphatic carboxylic acids is 1. The van der Waals surface area contributed by atoms with Gasteiger partial charge in [-0.05, 0) is 42.9 Å². The Labute approximate surface area is 177 Å². The summed E-state index contributed by atoms with van der Waals surface area (Å²) in [6.45, 7) is 8.21. The second-order valence-electron chi connectivity index (χ2n) is 8.87. The smallest absolute Gasteiger partial charge is 0.321 e. The molecular formula is C22H28Cl2N2O2. The summed E-state index contributed by atoms with van der Waals surface area (Å²) in [5, 5.41) is 24.1. The molecular weight excluding hydrogens is 395 g/mol. The Morgan fingerprint density at radius 3 is 2.61 bits per heavy atom. The number of hydrogen-bond acceptors (Lipinski definition) is 3. The van der Waals surface area contributed by atoms with Gasteiger partial charge in [0.2, 0.25) is 0 Å². The van der Waals surface area contributed by atoms with Crippen LogP contribution in [-0.4, -0.2) is 29.0 Å². The maximum absolute atomic E-state index is 12.1. The van der Waals surface area contributed by atoms with Gasteiger partial charge in [-0.15, -0.1) is 11.6 Å². The first-order valence-corrected chi connectivity index (χ1v) is 10.3. The standard InChI is InChI=1S/C22H28Cl2N2O2/c1-14(12-23)8-9-22(13-25)17(11-21(2,3)4)26-19(20(27)28)18(22)15-6-5-7-16(24)10-15/h5-8,10,17-19,26H,9,11-12H2,1-4H3,(H,27,28)/b14-8+/t17-,18-,19+,22-/m1/s1. The topological polar surface area (TPSA) is 73.1 Å². The van der Waals surface area contributed by atoms with E-state index in [0.29, 0.717) is 23.7 Å². The minimum absolute atomic E-state index is 0.0721. The van der Waals surface area contributed by atoms with Gasteiger partial charge in [0.05, 0.1) is 11.5 Å². The van der Waals surface area contributed by atoms with Gasteiger partial charge in [0, 0.05) is 22.9 Å². The van der Waals surface area contributed by atoms with Crippen molar-refractivity contribution >= 4 is 29.2 Å². The number of carboxylic acid groups (broad SMARTS) is 1. The Balaban J connectivity index is 2.65. The molecule has 4 atom stereocenters. The SMILES string of the molecule is C/C(=C\C[C@]1(C#N)[C@H](c2cccc(Cl)c2)[C@@H](C(=O)O)N[C@@H]1CC(C)(C)C)CCl. The highest BCUT2D eigenvalue weighted by atomic mass is 35.5. The molecule has 6 heteroatoms. The average molecular weight is 423 g/mol. The summed E-state index contributed by atoms with van der Waals surface area (Å²) < 4.78 is 0. The predicted octanol–water partition coefficient (Wildman–Crippen LogP) is 5.37. The fourth-order valence-electron chi connectivity index (χ4n) is 4.09. The van der Waals surface area contributed by atoms with Gasteiger partial charge in [0.15, 0.2) is 0 Å². The van der Waals surface area contributed by atoms with Crippen LogP contribution in [0, 0.1) is 22.2 Å². The third-order valence-electron chi connectivity index (χ3n) is 5.39. The molecule has 1 saturated heterocycles. The molecule has 1 aliphatic rings. The molecule has 1 fully saturated rings. The Bertz CT molecular complexity index is 794. The Kier molecular flexibility index (Phi) is 7.20. The maximum atomic E-state index is 12.1. The molecule has 0 unspecified atom stereocenters. The van der Waals surface area contributed by atoms with Gasteiger partial charge in [0.25, 0.3) is 0 Å². The molecule has 2 N–H and O–H groups in total. The number of allylic oxidation sites excluding steroid dienone is 2. The number of nitrogens with one attached hydrogen (secondary N) is 1. The molecule has 0 radical (unpaired) electrons. The number of hydrogen-bond donors (Lipinski definition) is 2. The lowest BCUT2D eigenvalue weighted by Gasteiger charge is -2.36. The quantitative estimate of drug-likeness (QED) is 0.477. The van der Waals surface area contributed by atoms with Crippen LogP contribution < -0.4 is 5.32 Å². The number of carbonyl (C=O) groups is 1. The number of carboxylic acids is 1. The van der Waals surface area contributed by atoms with Crippen molar-refractivity contribution in [2.24, 2.45) is 10.8 Å². The maximum Gasteiger partial charge on any atom is 0.321 e. The Morgan fingerprint density at radius 1 is 1.43 bits per heavy atom. The minimum atomic E-state index is -0.959. The number of nitrogens with zero attached hydrogens (tertiary/aromatic N) is 1. The monoisotopic (exact) mass is 422 g/mol. The first-order chi connectivity index (χ1) is 13.0. The molecule has 1 heterocycles. The summed E-state index contributed by atoms with van der Waals surface area (Å²) in [5.41, 5.74) is 0.739. The summed E-state index contributed by atoms with van der Waals surface area (Å²) >= 11 is 12.1. The van der Waals surface area contributed by atoms with E-state index >= 15 is 0 Å². The average Bonchev–Trinajstić information content (AvgIpc) is 2.92. The van der Waals surface area contributed by atoms with Crippen molar-refractivity contribution in [3.05, 3.63) is 46.5 Å². The van der Waals surface area contributed by atoms with E-state index < -0.39 is 23.3 Å². The van der Waals surface area contributed by atoms with E-state index in [9.17, 15) is 15.2 Å². The van der Waals surface area contributed by atoms with E-state index in [1.807, 2.05) is 19.1 Å². The molecule has 0 aromatic heterocycles. The molecule has 28 heavy (non-hydrogen) atoms. The van der Waals surface area contributed by atoms with Crippen LogP contribution in [0.25, 0.3) is 0 Å². The largest absolute Gasteiger partial charge is 0.480 e. The summed E-state index contributed by atoms with van der Waals surface area (Å²) in [5.74, 6) is -1.11. The minimum Gasteiger partial charge on any atom is -0.480 e. The van der Waals surface area contributed by atoms with Gasteiger partial charge in [-0.1, -0.05) is 56.2 Å². The van der Waals surface area contributed by atoms with Crippen molar-refractivity contribution in [3.63, 3.8) is 0 Å². The molecule has 4 nitrogen and oxygen atoms in total.